The lowest BCUT2D eigenvalue weighted by Gasteiger charge is -2.00. The second kappa shape index (κ2) is 6.58. The summed E-state index contributed by atoms with van der Waals surface area (Å²) in [5, 5.41) is 2.83. The van der Waals surface area contributed by atoms with Gasteiger partial charge in [0.15, 0.2) is 10.7 Å². The van der Waals surface area contributed by atoms with Gasteiger partial charge in [0.2, 0.25) is 0 Å². The van der Waals surface area contributed by atoms with Crippen LogP contribution in [0.3, 0.4) is 0 Å². The number of allylic oxidation sites excluding steroid dienone is 1. The molecule has 0 radical (unpaired) electrons. The van der Waals surface area contributed by atoms with Crippen LogP contribution in [0.25, 0.3) is 33.2 Å². The van der Waals surface area contributed by atoms with Crippen molar-refractivity contribution in [3.8, 4) is 11.3 Å². The Morgan fingerprint density at radius 3 is 2.82 bits per heavy atom. The summed E-state index contributed by atoms with van der Waals surface area (Å²) in [7, 11) is 0. The number of halogens is 1. The number of hydrogen-bond donors (Lipinski definition) is 1. The molecule has 0 aliphatic rings. The zero-order valence-corrected chi connectivity index (χ0v) is 15.4. The van der Waals surface area contributed by atoms with Gasteiger partial charge in [0.25, 0.3) is 0 Å². The topological polar surface area (TPSA) is 50.2 Å². The lowest BCUT2D eigenvalue weighted by Crippen LogP contribution is -1.93. The smallest absolute Gasteiger partial charge is 0.194 e. The van der Waals surface area contributed by atoms with Gasteiger partial charge in [-0.15, -0.1) is 11.3 Å². The average Bonchev–Trinajstić information content (AvgIpc) is 3.41. The number of thiazole rings is 1. The van der Waals surface area contributed by atoms with E-state index in [0.29, 0.717) is 5.56 Å². The number of fused-ring (bicyclic) bond motifs is 2. The maximum Gasteiger partial charge on any atom is 0.194 e. The van der Waals surface area contributed by atoms with E-state index >= 15 is 0 Å². The van der Waals surface area contributed by atoms with Crippen LogP contribution in [-0.4, -0.2) is 20.2 Å². The fourth-order valence-electron chi connectivity index (χ4n) is 3.30. The lowest BCUT2D eigenvalue weighted by molar-refractivity contribution is 0.104. The predicted octanol–water partition coefficient (Wildman–Crippen LogP) is 5.58. The van der Waals surface area contributed by atoms with Gasteiger partial charge >= 0.3 is 0 Å². The minimum absolute atomic E-state index is 0.0901. The monoisotopic (exact) mass is 387 g/mol. The molecule has 5 aromatic rings. The third-order valence-electron chi connectivity index (χ3n) is 4.66. The number of ketones is 1. The van der Waals surface area contributed by atoms with E-state index in [1.807, 2.05) is 40.2 Å². The Labute approximate surface area is 163 Å². The van der Waals surface area contributed by atoms with Crippen molar-refractivity contribution in [3.63, 3.8) is 0 Å². The fourth-order valence-corrected chi connectivity index (χ4v) is 4.02. The van der Waals surface area contributed by atoms with Crippen LogP contribution in [0.1, 0.15) is 16.1 Å². The maximum atomic E-state index is 13.3. The van der Waals surface area contributed by atoms with Crippen molar-refractivity contribution < 1.29 is 9.18 Å². The third kappa shape index (κ3) is 2.75. The second-order valence-corrected chi connectivity index (χ2v) is 7.23. The highest BCUT2D eigenvalue weighted by atomic mass is 32.1. The molecule has 0 spiro atoms. The molecule has 3 heterocycles. The largest absolute Gasteiger partial charge is 0.360 e. The summed E-state index contributed by atoms with van der Waals surface area (Å²) >= 11 is 1.51. The van der Waals surface area contributed by atoms with E-state index in [2.05, 4.69) is 9.97 Å². The van der Waals surface area contributed by atoms with Crippen molar-refractivity contribution in [2.24, 2.45) is 0 Å². The van der Waals surface area contributed by atoms with Gasteiger partial charge in [-0.1, -0.05) is 18.2 Å². The highest BCUT2D eigenvalue weighted by molar-refractivity contribution is 7.15. The third-order valence-corrected chi connectivity index (χ3v) is 5.42. The van der Waals surface area contributed by atoms with Crippen LogP contribution in [0.5, 0.6) is 0 Å². The van der Waals surface area contributed by atoms with Crippen molar-refractivity contribution in [2.75, 3.05) is 0 Å². The SMILES string of the molecule is O=C(/C=C/c1c(-c2ccc(F)cc2)nc2sccn12)c1c[nH]c2ccccc12. The molecule has 0 amide bonds. The number of aromatic nitrogens is 3. The van der Waals surface area contributed by atoms with E-state index in [4.69, 9.17) is 0 Å². The van der Waals surface area contributed by atoms with Gasteiger partial charge in [-0.05, 0) is 42.5 Å². The summed E-state index contributed by atoms with van der Waals surface area (Å²) in [5.74, 6) is -0.385. The number of rotatable bonds is 4. The summed E-state index contributed by atoms with van der Waals surface area (Å²) in [6, 6.07) is 13.9. The van der Waals surface area contributed by atoms with Gasteiger partial charge in [0.1, 0.15) is 5.82 Å². The van der Waals surface area contributed by atoms with E-state index in [0.717, 1.165) is 32.8 Å². The number of imidazole rings is 1. The molecular weight excluding hydrogens is 373 g/mol. The summed E-state index contributed by atoms with van der Waals surface area (Å²) in [4.78, 5) is 21.4. The number of hydrogen-bond acceptors (Lipinski definition) is 3. The first-order valence-electron chi connectivity index (χ1n) is 8.71. The summed E-state index contributed by atoms with van der Waals surface area (Å²) in [6.45, 7) is 0. The molecule has 2 aromatic carbocycles. The average molecular weight is 387 g/mol. The van der Waals surface area contributed by atoms with Crippen molar-refractivity contribution in [1.29, 1.82) is 0 Å². The van der Waals surface area contributed by atoms with Crippen LogP contribution in [0.2, 0.25) is 0 Å². The van der Waals surface area contributed by atoms with Gasteiger partial charge < -0.3 is 4.98 Å². The van der Waals surface area contributed by atoms with E-state index in [-0.39, 0.29) is 11.6 Å². The Morgan fingerprint density at radius 1 is 1.14 bits per heavy atom. The molecule has 28 heavy (non-hydrogen) atoms. The van der Waals surface area contributed by atoms with Crippen molar-refractivity contribution in [1.82, 2.24) is 14.4 Å². The van der Waals surface area contributed by atoms with Crippen molar-refractivity contribution >= 4 is 39.1 Å². The van der Waals surface area contributed by atoms with Crippen LogP contribution in [0.4, 0.5) is 4.39 Å². The summed E-state index contributed by atoms with van der Waals surface area (Å²) in [5.41, 5.74) is 3.86. The molecule has 5 rings (SSSR count). The maximum absolute atomic E-state index is 13.3. The minimum Gasteiger partial charge on any atom is -0.360 e. The van der Waals surface area contributed by atoms with Crippen molar-refractivity contribution in [3.05, 3.63) is 89.5 Å². The van der Waals surface area contributed by atoms with Crippen LogP contribution >= 0.6 is 11.3 Å². The van der Waals surface area contributed by atoms with Gasteiger partial charge in [-0.3, -0.25) is 9.20 Å². The Balaban J connectivity index is 1.57. The lowest BCUT2D eigenvalue weighted by atomic mass is 10.1. The normalized spacial score (nSPS) is 11.8. The molecular formula is C22H14FN3OS. The summed E-state index contributed by atoms with van der Waals surface area (Å²) < 4.78 is 15.2. The van der Waals surface area contributed by atoms with E-state index < -0.39 is 0 Å². The number of nitrogens with one attached hydrogen (secondary N) is 1. The molecule has 0 unspecified atom stereocenters. The molecule has 0 aliphatic carbocycles. The molecule has 0 aliphatic heterocycles. The first kappa shape index (κ1) is 16.6. The number of H-pyrrole nitrogens is 1. The second-order valence-electron chi connectivity index (χ2n) is 6.35. The first-order valence-corrected chi connectivity index (χ1v) is 9.59. The molecule has 1 N–H and O–H groups in total. The quantitative estimate of drug-likeness (QED) is 0.323. The van der Waals surface area contributed by atoms with Gasteiger partial charge in [-0.2, -0.15) is 0 Å². The number of carbonyl (C=O) groups is 1. The Morgan fingerprint density at radius 2 is 1.96 bits per heavy atom. The van der Waals surface area contributed by atoms with E-state index in [9.17, 15) is 9.18 Å². The fraction of sp³-hybridized carbons (Fsp3) is 0. The minimum atomic E-state index is -0.295. The zero-order chi connectivity index (χ0) is 19.1. The molecule has 0 atom stereocenters. The highest BCUT2D eigenvalue weighted by Gasteiger charge is 2.14. The molecule has 4 nitrogen and oxygen atoms in total. The van der Waals surface area contributed by atoms with Crippen LogP contribution < -0.4 is 0 Å². The van der Waals surface area contributed by atoms with Crippen LogP contribution in [0.15, 0.2) is 72.4 Å². The first-order chi connectivity index (χ1) is 13.7. The molecule has 136 valence electrons. The number of benzene rings is 2. The molecule has 0 fully saturated rings. The predicted molar refractivity (Wildman–Crippen MR) is 110 cm³/mol. The molecule has 3 aromatic heterocycles. The molecule has 0 saturated carbocycles. The number of carbonyl (C=O) groups excluding carboxylic acids is 1. The van der Waals surface area contributed by atoms with Crippen molar-refractivity contribution in [2.45, 2.75) is 0 Å². The van der Waals surface area contributed by atoms with E-state index in [1.54, 1.807) is 30.5 Å². The number of nitrogens with zero attached hydrogens (tertiary/aromatic N) is 2. The highest BCUT2D eigenvalue weighted by Crippen LogP contribution is 2.28. The molecule has 0 bridgehead atoms. The standard InChI is InChI=1S/C22H14FN3OS/c23-15-7-5-14(6-8-15)21-19(26-11-12-28-22(26)25-21)9-10-20(27)17-13-24-18-4-2-1-3-16(17)18/h1-13,24H/b10-9+. The number of para-hydroxylation sites is 1. The van der Waals surface area contributed by atoms with Crippen LogP contribution in [0, 0.1) is 5.82 Å². The zero-order valence-electron chi connectivity index (χ0n) is 14.6. The van der Waals surface area contributed by atoms with Gasteiger partial charge in [0.05, 0.1) is 11.4 Å². The molecule has 0 saturated heterocycles. The van der Waals surface area contributed by atoms with Gasteiger partial charge in [-0.25, -0.2) is 9.37 Å². The van der Waals surface area contributed by atoms with E-state index in [1.165, 1.54) is 23.5 Å². The summed E-state index contributed by atoms with van der Waals surface area (Å²) in [6.07, 6.45) is 6.98. The Hall–Kier alpha value is -3.51. The Bertz CT molecular complexity index is 1340. The van der Waals surface area contributed by atoms with Crippen LogP contribution in [-0.2, 0) is 0 Å². The Kier molecular flexibility index (Phi) is 3.91. The van der Waals surface area contributed by atoms with Gasteiger partial charge in [0, 0.05) is 39.8 Å². The number of aromatic amines is 1. The molecule has 6 heteroatoms.